The minimum Gasteiger partial charge on any atom is -0.298 e. The zero-order valence-corrected chi connectivity index (χ0v) is 8.58. The molecule has 0 spiro atoms. The SMILES string of the molecule is C=C1CCCCC1[C-]1C=CC=C[N+]1=C. The van der Waals surface area contributed by atoms with Gasteiger partial charge in [-0.3, -0.25) is 4.58 Å². The van der Waals surface area contributed by atoms with E-state index in [4.69, 9.17) is 0 Å². The molecule has 0 saturated heterocycles. The quantitative estimate of drug-likeness (QED) is 0.337. The molecule has 1 aliphatic carbocycles. The van der Waals surface area contributed by atoms with Crippen molar-refractivity contribution >= 4 is 6.72 Å². The van der Waals surface area contributed by atoms with Gasteiger partial charge in [0.1, 0.15) is 6.04 Å². The van der Waals surface area contributed by atoms with Gasteiger partial charge < -0.3 is 0 Å². The summed E-state index contributed by atoms with van der Waals surface area (Å²) in [7, 11) is 0. The van der Waals surface area contributed by atoms with Crippen molar-refractivity contribution in [2.75, 3.05) is 0 Å². The van der Waals surface area contributed by atoms with Gasteiger partial charge in [0.25, 0.3) is 0 Å². The van der Waals surface area contributed by atoms with Crippen molar-refractivity contribution in [3.63, 3.8) is 0 Å². The van der Waals surface area contributed by atoms with Crippen molar-refractivity contribution in [2.45, 2.75) is 25.7 Å². The smallest absolute Gasteiger partial charge is 0.106 e. The summed E-state index contributed by atoms with van der Waals surface area (Å²) in [6.45, 7) is 8.18. The molecule has 1 unspecified atom stereocenters. The Balaban J connectivity index is 2.13. The first-order chi connectivity index (χ1) is 6.79. The van der Waals surface area contributed by atoms with E-state index in [0.29, 0.717) is 5.92 Å². The van der Waals surface area contributed by atoms with Crippen LogP contribution in [-0.4, -0.2) is 11.3 Å². The van der Waals surface area contributed by atoms with Gasteiger partial charge in [-0.05, 0) is 19.3 Å². The fourth-order valence-electron chi connectivity index (χ4n) is 2.24. The van der Waals surface area contributed by atoms with Crippen LogP contribution in [0.3, 0.4) is 0 Å². The van der Waals surface area contributed by atoms with Crippen molar-refractivity contribution in [1.29, 1.82) is 0 Å². The molecule has 2 aliphatic rings. The molecule has 0 aromatic heterocycles. The zero-order chi connectivity index (χ0) is 9.97. The Morgan fingerprint density at radius 2 is 2.21 bits per heavy atom. The molecule has 0 aromatic rings. The van der Waals surface area contributed by atoms with Crippen LogP contribution >= 0.6 is 0 Å². The predicted octanol–water partition coefficient (Wildman–Crippen LogP) is 3.06. The summed E-state index contributed by atoms with van der Waals surface area (Å²) >= 11 is 0. The van der Waals surface area contributed by atoms with Crippen LogP contribution in [0.25, 0.3) is 0 Å². The molecule has 74 valence electrons. The third kappa shape index (κ3) is 1.67. The fraction of sp³-hybridized carbons (Fsp3) is 0.385. The first-order valence-electron chi connectivity index (χ1n) is 5.28. The third-order valence-electron chi connectivity index (χ3n) is 3.07. The van der Waals surface area contributed by atoms with Gasteiger partial charge in [-0.25, -0.2) is 0 Å². The molecule has 1 nitrogen and oxygen atoms in total. The molecule has 1 saturated carbocycles. The molecule has 0 radical (unpaired) electrons. The molecule has 0 amide bonds. The first-order valence-corrected chi connectivity index (χ1v) is 5.28. The Bertz CT molecular complexity index is 309. The summed E-state index contributed by atoms with van der Waals surface area (Å²) in [5.74, 6) is 0.530. The average Bonchev–Trinajstić information content (AvgIpc) is 2.20. The van der Waals surface area contributed by atoms with E-state index < -0.39 is 0 Å². The molecule has 1 heterocycles. The fourth-order valence-corrected chi connectivity index (χ4v) is 2.24. The minimum atomic E-state index is 0.530. The van der Waals surface area contributed by atoms with Gasteiger partial charge in [0.15, 0.2) is 0 Å². The van der Waals surface area contributed by atoms with Crippen LogP contribution in [0, 0.1) is 12.0 Å². The second kappa shape index (κ2) is 3.87. The van der Waals surface area contributed by atoms with Crippen molar-refractivity contribution in [3.05, 3.63) is 42.6 Å². The third-order valence-corrected chi connectivity index (χ3v) is 3.07. The van der Waals surface area contributed by atoms with Crippen molar-refractivity contribution in [3.8, 4) is 0 Å². The highest BCUT2D eigenvalue weighted by Crippen LogP contribution is 2.36. The van der Waals surface area contributed by atoms with E-state index in [9.17, 15) is 0 Å². The van der Waals surface area contributed by atoms with Gasteiger partial charge in [-0.2, -0.15) is 0 Å². The highest BCUT2D eigenvalue weighted by Gasteiger charge is 2.27. The molecule has 2 rings (SSSR count). The Hall–Kier alpha value is -1.24. The maximum absolute atomic E-state index is 4.17. The summed E-state index contributed by atoms with van der Waals surface area (Å²) in [6, 6.07) is 1.30. The maximum Gasteiger partial charge on any atom is 0.106 e. The second-order valence-electron chi connectivity index (χ2n) is 4.05. The van der Waals surface area contributed by atoms with E-state index in [1.165, 1.54) is 37.3 Å². The number of hydrogen-bond donors (Lipinski definition) is 0. The average molecular weight is 187 g/mol. The van der Waals surface area contributed by atoms with E-state index in [1.807, 2.05) is 16.9 Å². The number of hydrogen-bond acceptors (Lipinski definition) is 0. The Labute approximate surface area is 86.1 Å². The number of rotatable bonds is 1. The number of nitrogens with zero attached hydrogens (tertiary/aromatic N) is 1. The second-order valence-corrected chi connectivity index (χ2v) is 4.05. The predicted molar refractivity (Wildman–Crippen MR) is 60.0 cm³/mol. The molecular weight excluding hydrogens is 170 g/mol. The van der Waals surface area contributed by atoms with E-state index in [-0.39, 0.29) is 0 Å². The molecule has 0 N–H and O–H groups in total. The summed E-state index contributed by atoms with van der Waals surface area (Å²) in [4.78, 5) is 0. The molecule has 14 heavy (non-hydrogen) atoms. The summed E-state index contributed by atoms with van der Waals surface area (Å²) in [5, 5.41) is 0. The topological polar surface area (TPSA) is 3.01 Å². The Morgan fingerprint density at radius 1 is 1.36 bits per heavy atom. The van der Waals surface area contributed by atoms with Crippen LogP contribution in [-0.2, 0) is 0 Å². The molecular formula is C13H17N. The highest BCUT2D eigenvalue weighted by molar-refractivity contribution is 5.28. The van der Waals surface area contributed by atoms with Gasteiger partial charge in [0.2, 0.25) is 0 Å². The molecule has 1 aliphatic heterocycles. The molecule has 1 heteroatoms. The lowest BCUT2D eigenvalue weighted by molar-refractivity contribution is -0.433. The Morgan fingerprint density at radius 3 is 2.93 bits per heavy atom. The lowest BCUT2D eigenvalue weighted by atomic mass is 9.80. The van der Waals surface area contributed by atoms with Gasteiger partial charge in [-0.1, -0.05) is 30.7 Å². The van der Waals surface area contributed by atoms with E-state index >= 15 is 0 Å². The number of allylic oxidation sites excluding steroid dienone is 2. The monoisotopic (exact) mass is 187 g/mol. The standard InChI is InChI=1S/C13H17N/c1-11-7-3-4-8-12(11)13-9-5-6-10-14(13)2/h5-6,9-10,12H,1-4,7-8H2. The van der Waals surface area contributed by atoms with Crippen LogP contribution in [0.2, 0.25) is 0 Å². The summed E-state index contributed by atoms with van der Waals surface area (Å²) < 4.78 is 1.97. The van der Waals surface area contributed by atoms with Gasteiger partial charge in [-0.15, -0.1) is 6.08 Å². The van der Waals surface area contributed by atoms with E-state index in [1.54, 1.807) is 0 Å². The van der Waals surface area contributed by atoms with Crippen LogP contribution in [0.1, 0.15) is 25.7 Å². The van der Waals surface area contributed by atoms with Crippen molar-refractivity contribution in [2.24, 2.45) is 5.92 Å². The van der Waals surface area contributed by atoms with Crippen LogP contribution in [0.5, 0.6) is 0 Å². The van der Waals surface area contributed by atoms with Crippen LogP contribution in [0.4, 0.5) is 0 Å². The minimum absolute atomic E-state index is 0.530. The lowest BCUT2D eigenvalue weighted by Crippen LogP contribution is -2.24. The van der Waals surface area contributed by atoms with Crippen molar-refractivity contribution in [1.82, 2.24) is 0 Å². The largest absolute Gasteiger partial charge is 0.298 e. The maximum atomic E-state index is 4.17. The Kier molecular flexibility index (Phi) is 2.58. The van der Waals surface area contributed by atoms with Gasteiger partial charge >= 0.3 is 0 Å². The summed E-state index contributed by atoms with van der Waals surface area (Å²) in [6.07, 6.45) is 13.3. The zero-order valence-electron chi connectivity index (χ0n) is 8.58. The lowest BCUT2D eigenvalue weighted by Gasteiger charge is -2.31. The molecule has 0 bridgehead atoms. The van der Waals surface area contributed by atoms with Gasteiger partial charge in [0, 0.05) is 5.92 Å². The normalized spacial score (nSPS) is 27.1. The van der Waals surface area contributed by atoms with E-state index in [0.717, 1.165) is 0 Å². The molecule has 0 aromatic carbocycles. The van der Waals surface area contributed by atoms with Gasteiger partial charge in [0.05, 0.1) is 12.9 Å². The van der Waals surface area contributed by atoms with Crippen molar-refractivity contribution < 1.29 is 4.58 Å². The summed E-state index contributed by atoms with van der Waals surface area (Å²) in [5.41, 5.74) is 1.37. The molecule has 1 fully saturated rings. The first kappa shape index (κ1) is 9.32. The van der Waals surface area contributed by atoms with Crippen LogP contribution in [0.15, 0.2) is 36.6 Å². The highest BCUT2D eigenvalue weighted by atomic mass is 15.0. The van der Waals surface area contributed by atoms with Crippen LogP contribution < -0.4 is 0 Å². The molecule has 1 atom stereocenters. The van der Waals surface area contributed by atoms with E-state index in [2.05, 4.69) is 25.4 Å².